The molecule has 2 heterocycles. The maximum absolute atomic E-state index is 5.60. The second-order valence-electron chi connectivity index (χ2n) is 4.94. The number of nitrogens with one attached hydrogen (secondary N) is 1. The van der Waals surface area contributed by atoms with Crippen LogP contribution in [0.15, 0.2) is 35.0 Å². The molecule has 1 fully saturated rings. The molecule has 0 spiro atoms. The highest BCUT2D eigenvalue weighted by atomic mass is 32.1. The summed E-state index contributed by atoms with van der Waals surface area (Å²) in [6.45, 7) is 0. The molecule has 0 amide bonds. The van der Waals surface area contributed by atoms with Crippen molar-refractivity contribution in [1.82, 2.24) is 5.32 Å². The third kappa shape index (κ3) is 2.92. The van der Waals surface area contributed by atoms with E-state index in [4.69, 9.17) is 4.74 Å². The fourth-order valence-corrected chi connectivity index (χ4v) is 4.51. The molecule has 0 bridgehead atoms. The lowest BCUT2D eigenvalue weighted by atomic mass is 10.1. The summed E-state index contributed by atoms with van der Waals surface area (Å²) in [5.41, 5.74) is 0. The summed E-state index contributed by atoms with van der Waals surface area (Å²) in [6, 6.07) is 9.49. The van der Waals surface area contributed by atoms with Crippen LogP contribution in [-0.2, 0) is 4.74 Å². The number of thiophene rings is 2. The van der Waals surface area contributed by atoms with Crippen LogP contribution in [0.5, 0.6) is 0 Å². The van der Waals surface area contributed by atoms with Crippen molar-refractivity contribution in [2.75, 3.05) is 7.11 Å². The fourth-order valence-electron chi connectivity index (χ4n) is 2.83. The molecule has 1 N–H and O–H groups in total. The Kier molecular flexibility index (Phi) is 4.33. The van der Waals surface area contributed by atoms with Crippen LogP contribution in [0.1, 0.15) is 35.1 Å². The SMILES string of the molecule is COC1CCCC1NC(c1cccs1)c1cccs1. The van der Waals surface area contributed by atoms with Gasteiger partial charge < -0.3 is 4.74 Å². The molecule has 2 aromatic rings. The van der Waals surface area contributed by atoms with Crippen molar-refractivity contribution in [3.05, 3.63) is 44.8 Å². The van der Waals surface area contributed by atoms with Crippen LogP contribution in [0, 0.1) is 0 Å². The van der Waals surface area contributed by atoms with Gasteiger partial charge in [-0.15, -0.1) is 22.7 Å². The Morgan fingerprint density at radius 2 is 1.84 bits per heavy atom. The second kappa shape index (κ2) is 6.18. The average molecular weight is 293 g/mol. The van der Waals surface area contributed by atoms with E-state index in [0.29, 0.717) is 18.2 Å². The van der Waals surface area contributed by atoms with Gasteiger partial charge in [-0.25, -0.2) is 0 Å². The molecule has 102 valence electrons. The van der Waals surface area contributed by atoms with Gasteiger partial charge in [0.15, 0.2) is 0 Å². The van der Waals surface area contributed by atoms with Crippen molar-refractivity contribution in [3.8, 4) is 0 Å². The standard InChI is InChI=1S/C15H19NOS2/c1-17-12-6-2-5-11(12)16-15(13-7-3-9-18-13)14-8-4-10-19-14/h3-4,7-12,15-16H,2,5-6H2,1H3. The summed E-state index contributed by atoms with van der Waals surface area (Å²) in [4.78, 5) is 2.79. The van der Waals surface area contributed by atoms with Crippen molar-refractivity contribution in [2.45, 2.75) is 37.5 Å². The molecule has 0 aliphatic heterocycles. The lowest BCUT2D eigenvalue weighted by Crippen LogP contribution is -2.39. The second-order valence-corrected chi connectivity index (χ2v) is 6.90. The first-order chi connectivity index (χ1) is 9.38. The molecule has 0 saturated heterocycles. The molecular weight excluding hydrogens is 274 g/mol. The Bertz CT molecular complexity index is 446. The van der Waals surface area contributed by atoms with Crippen LogP contribution < -0.4 is 5.32 Å². The van der Waals surface area contributed by atoms with Crippen LogP contribution in [0.4, 0.5) is 0 Å². The third-order valence-corrected chi connectivity index (χ3v) is 5.67. The Balaban J connectivity index is 1.80. The summed E-state index contributed by atoms with van der Waals surface area (Å²) in [5, 5.41) is 8.12. The molecular formula is C15H19NOS2. The molecule has 4 heteroatoms. The molecule has 2 atom stereocenters. The lowest BCUT2D eigenvalue weighted by molar-refractivity contribution is 0.0830. The zero-order valence-corrected chi connectivity index (χ0v) is 12.7. The summed E-state index contributed by atoms with van der Waals surface area (Å²) in [5.74, 6) is 0. The van der Waals surface area contributed by atoms with E-state index >= 15 is 0 Å². The van der Waals surface area contributed by atoms with Gasteiger partial charge in [0, 0.05) is 22.9 Å². The maximum atomic E-state index is 5.60. The molecule has 2 aromatic heterocycles. The molecule has 3 rings (SSSR count). The predicted octanol–water partition coefficient (Wildman–Crippen LogP) is 4.06. The van der Waals surface area contributed by atoms with Gasteiger partial charge in [0.05, 0.1) is 12.1 Å². The smallest absolute Gasteiger partial charge is 0.0767 e. The minimum absolute atomic E-state index is 0.320. The molecule has 1 aliphatic rings. The molecule has 0 aromatic carbocycles. The van der Waals surface area contributed by atoms with Gasteiger partial charge in [0.1, 0.15) is 0 Å². The van der Waals surface area contributed by atoms with Crippen molar-refractivity contribution >= 4 is 22.7 Å². The van der Waals surface area contributed by atoms with E-state index in [1.165, 1.54) is 29.0 Å². The normalized spacial score (nSPS) is 23.3. The van der Waals surface area contributed by atoms with E-state index in [2.05, 4.69) is 40.3 Å². The number of hydrogen-bond donors (Lipinski definition) is 1. The molecule has 1 saturated carbocycles. The van der Waals surface area contributed by atoms with E-state index in [1.807, 2.05) is 29.8 Å². The minimum atomic E-state index is 0.320. The minimum Gasteiger partial charge on any atom is -0.380 e. The maximum Gasteiger partial charge on any atom is 0.0767 e. The highest BCUT2D eigenvalue weighted by molar-refractivity contribution is 7.11. The van der Waals surface area contributed by atoms with E-state index in [-0.39, 0.29) is 0 Å². The topological polar surface area (TPSA) is 21.3 Å². The summed E-state index contributed by atoms with van der Waals surface area (Å²) in [7, 11) is 1.83. The highest BCUT2D eigenvalue weighted by Gasteiger charge is 2.30. The van der Waals surface area contributed by atoms with E-state index in [1.54, 1.807) is 0 Å². The molecule has 1 aliphatic carbocycles. The van der Waals surface area contributed by atoms with Gasteiger partial charge in [-0.3, -0.25) is 5.32 Å². The number of rotatable bonds is 5. The summed E-state index contributed by atoms with van der Waals surface area (Å²) < 4.78 is 5.60. The largest absolute Gasteiger partial charge is 0.380 e. The Morgan fingerprint density at radius 1 is 1.16 bits per heavy atom. The zero-order valence-electron chi connectivity index (χ0n) is 11.0. The summed E-state index contributed by atoms with van der Waals surface area (Å²) >= 11 is 3.65. The van der Waals surface area contributed by atoms with E-state index in [9.17, 15) is 0 Å². The van der Waals surface area contributed by atoms with E-state index < -0.39 is 0 Å². The van der Waals surface area contributed by atoms with Gasteiger partial charge in [-0.1, -0.05) is 12.1 Å². The van der Waals surface area contributed by atoms with Crippen molar-refractivity contribution in [2.24, 2.45) is 0 Å². The zero-order chi connectivity index (χ0) is 13.1. The first-order valence-corrected chi connectivity index (χ1v) is 8.50. The molecule has 2 unspecified atom stereocenters. The predicted molar refractivity (Wildman–Crippen MR) is 82.1 cm³/mol. The summed E-state index contributed by atoms with van der Waals surface area (Å²) in [6.07, 6.45) is 4.02. The van der Waals surface area contributed by atoms with Crippen LogP contribution in [0.2, 0.25) is 0 Å². The van der Waals surface area contributed by atoms with Gasteiger partial charge in [0.2, 0.25) is 0 Å². The van der Waals surface area contributed by atoms with Crippen molar-refractivity contribution in [3.63, 3.8) is 0 Å². The van der Waals surface area contributed by atoms with Crippen LogP contribution >= 0.6 is 22.7 Å². The highest BCUT2D eigenvalue weighted by Crippen LogP contribution is 2.32. The first-order valence-electron chi connectivity index (χ1n) is 6.74. The van der Waals surface area contributed by atoms with E-state index in [0.717, 1.165) is 0 Å². The Morgan fingerprint density at radius 3 is 2.37 bits per heavy atom. The Hall–Kier alpha value is -0.680. The Labute approximate surface area is 122 Å². The number of ether oxygens (including phenoxy) is 1. The fraction of sp³-hybridized carbons (Fsp3) is 0.467. The first kappa shape index (κ1) is 13.3. The molecule has 2 nitrogen and oxygen atoms in total. The van der Waals surface area contributed by atoms with Crippen LogP contribution in [0.25, 0.3) is 0 Å². The average Bonchev–Trinajstić information content (AvgIpc) is 3.17. The number of methoxy groups -OCH3 is 1. The van der Waals surface area contributed by atoms with Crippen LogP contribution in [0.3, 0.4) is 0 Å². The monoisotopic (exact) mass is 293 g/mol. The molecule has 19 heavy (non-hydrogen) atoms. The van der Waals surface area contributed by atoms with Gasteiger partial charge in [-0.05, 0) is 42.2 Å². The van der Waals surface area contributed by atoms with Crippen molar-refractivity contribution < 1.29 is 4.74 Å². The lowest BCUT2D eigenvalue weighted by Gasteiger charge is -2.25. The van der Waals surface area contributed by atoms with Crippen molar-refractivity contribution in [1.29, 1.82) is 0 Å². The number of hydrogen-bond acceptors (Lipinski definition) is 4. The van der Waals surface area contributed by atoms with Crippen LogP contribution in [-0.4, -0.2) is 19.3 Å². The van der Waals surface area contributed by atoms with Gasteiger partial charge in [0.25, 0.3) is 0 Å². The molecule has 0 radical (unpaired) electrons. The quantitative estimate of drug-likeness (QED) is 0.897. The third-order valence-electron chi connectivity index (χ3n) is 3.79. The van der Waals surface area contributed by atoms with Gasteiger partial charge in [-0.2, -0.15) is 0 Å². The van der Waals surface area contributed by atoms with Gasteiger partial charge >= 0.3 is 0 Å².